The maximum absolute atomic E-state index is 10.1. The molecule has 2 N–H and O–H groups in total. The molecular formula is C88H68BBrN2O2. The van der Waals surface area contributed by atoms with E-state index in [1.54, 1.807) is 0 Å². The lowest BCUT2D eigenvalue weighted by molar-refractivity contribution is 0.426. The maximum atomic E-state index is 10.1. The lowest BCUT2D eigenvalue weighted by atomic mass is 9.72. The SMILES string of the molecule is CCC1(CC)c2cc(Br)ccc2-c2ccc(C#N)cc21.CCC1(CC)c2cc(C#N)ccc2-c2ccc(-c3c4ccccc4c(-c4cccc(-c5ccccc5)c4)c4ccccc34)cc21.OB(O)c1c2ccccc2c(-c2cccc(-c3ccccc3)c2)c2ccccc12. The van der Waals surface area contributed by atoms with Gasteiger partial charge in [-0.05, 0) is 229 Å². The zero-order valence-corrected chi connectivity index (χ0v) is 54.7. The van der Waals surface area contributed by atoms with Crippen LogP contribution in [0.25, 0.3) is 121 Å². The lowest BCUT2D eigenvalue weighted by Crippen LogP contribution is -2.31. The minimum atomic E-state index is -1.53. The molecule has 2 aliphatic carbocycles. The molecule has 6 heteroatoms. The average Bonchev–Trinajstić information content (AvgIpc) is 1.39. The van der Waals surface area contributed by atoms with Crippen LogP contribution in [-0.2, 0) is 10.8 Å². The van der Waals surface area contributed by atoms with E-state index in [0.717, 1.165) is 79.5 Å². The van der Waals surface area contributed by atoms with Gasteiger partial charge in [0.2, 0.25) is 0 Å². The summed E-state index contributed by atoms with van der Waals surface area (Å²) < 4.78 is 1.12. The normalized spacial score (nSPS) is 12.7. The Kier molecular flexibility index (Phi) is 16.6. The van der Waals surface area contributed by atoms with Crippen molar-refractivity contribution in [2.24, 2.45) is 0 Å². The first-order chi connectivity index (χ1) is 46.1. The molecule has 2 aliphatic rings. The Morgan fingerprint density at radius 2 is 0.606 bits per heavy atom. The number of fused-ring (bicyclic) bond motifs is 10. The fraction of sp³-hybridized carbons (Fsp3) is 0.114. The molecule has 0 saturated heterocycles. The monoisotopic (exact) mass is 1270 g/mol. The number of nitriles is 2. The molecule has 0 fully saturated rings. The number of nitrogens with zero attached hydrogens (tertiary/aromatic N) is 2. The van der Waals surface area contributed by atoms with Crippen LogP contribution >= 0.6 is 15.9 Å². The molecule has 0 spiro atoms. The minimum Gasteiger partial charge on any atom is -0.423 e. The zero-order valence-electron chi connectivity index (χ0n) is 53.1. The molecule has 14 aromatic carbocycles. The van der Waals surface area contributed by atoms with Gasteiger partial charge in [-0.15, -0.1) is 0 Å². The molecule has 16 rings (SSSR count). The van der Waals surface area contributed by atoms with Crippen molar-refractivity contribution < 1.29 is 10.0 Å². The number of hydrogen-bond acceptors (Lipinski definition) is 4. The Labute approximate surface area is 559 Å². The quantitative estimate of drug-likeness (QED) is 0.105. The molecular weight excluding hydrogens is 1210 g/mol. The molecule has 0 unspecified atom stereocenters. The van der Waals surface area contributed by atoms with Crippen molar-refractivity contribution in [1.82, 2.24) is 0 Å². The Morgan fingerprint density at radius 1 is 0.309 bits per heavy atom. The summed E-state index contributed by atoms with van der Waals surface area (Å²) in [5.74, 6) is 0. The second kappa shape index (κ2) is 25.6. The van der Waals surface area contributed by atoms with E-state index >= 15 is 0 Å². The highest BCUT2D eigenvalue weighted by atomic mass is 79.9. The summed E-state index contributed by atoms with van der Waals surface area (Å²) in [4.78, 5) is 0. The number of hydrogen-bond donors (Lipinski definition) is 2. The molecule has 4 nitrogen and oxygen atoms in total. The number of benzene rings is 14. The average molecular weight is 1280 g/mol. The van der Waals surface area contributed by atoms with Gasteiger partial charge in [0.05, 0.1) is 23.3 Å². The predicted molar refractivity (Wildman–Crippen MR) is 397 cm³/mol. The van der Waals surface area contributed by atoms with Crippen LogP contribution in [0.1, 0.15) is 86.8 Å². The van der Waals surface area contributed by atoms with E-state index in [9.17, 15) is 20.6 Å². The van der Waals surface area contributed by atoms with E-state index < -0.39 is 7.12 Å². The van der Waals surface area contributed by atoms with E-state index in [-0.39, 0.29) is 10.8 Å². The number of halogens is 1. The molecule has 0 aromatic heterocycles. The summed E-state index contributed by atoms with van der Waals surface area (Å²) in [5, 5.41) is 48.0. The fourth-order valence-corrected chi connectivity index (χ4v) is 16.1. The Balaban J connectivity index is 0.000000133. The van der Waals surface area contributed by atoms with Gasteiger partial charge in [-0.2, -0.15) is 10.5 Å². The first kappa shape index (κ1) is 61.1. The summed E-state index contributed by atoms with van der Waals surface area (Å²) in [6, 6.07) is 103. The molecule has 0 bridgehead atoms. The van der Waals surface area contributed by atoms with Crippen LogP contribution in [0.3, 0.4) is 0 Å². The van der Waals surface area contributed by atoms with Crippen molar-refractivity contribution in [2.45, 2.75) is 64.2 Å². The lowest BCUT2D eigenvalue weighted by Gasteiger charge is -2.30. The standard InChI is InChI=1S/C44H33N.C26H19BO2.C18H16BrN/c1-3-44(4-2)40-25-29(28-45)21-23-34(40)35-24-22-33(27-41(35)44)43-38-19-10-8-17-36(38)42(37-18-9-11-20-39(37)43)32-16-12-15-31(26-32)30-13-6-5-7-14-30;28-27(29)26-23-15-6-4-13-21(23)25(22-14-5-7-16-24(22)26)20-12-8-11-19(17-20)18-9-2-1-3-10-18;1-3-18(4-2)16-9-12(11-20)5-7-14(16)15-8-6-13(19)10-17(15)18/h5-27H,3-4H2,1-2H3;1-17,28-29H;5-10H,3-4H2,1-2H3. The number of rotatable bonds is 10. The third kappa shape index (κ3) is 10.4. The summed E-state index contributed by atoms with van der Waals surface area (Å²) in [7, 11) is -1.53. The van der Waals surface area contributed by atoms with Gasteiger partial charge in [-0.1, -0.05) is 268 Å². The van der Waals surface area contributed by atoms with Crippen LogP contribution in [0, 0.1) is 22.7 Å². The van der Waals surface area contributed by atoms with Crippen LogP contribution in [0.4, 0.5) is 0 Å². The van der Waals surface area contributed by atoms with Gasteiger partial charge in [0.25, 0.3) is 0 Å². The largest absolute Gasteiger partial charge is 0.489 e. The topological polar surface area (TPSA) is 88.0 Å². The van der Waals surface area contributed by atoms with E-state index in [1.165, 1.54) is 105 Å². The second-order valence-corrected chi connectivity index (χ2v) is 25.7. The highest BCUT2D eigenvalue weighted by molar-refractivity contribution is 9.10. The van der Waals surface area contributed by atoms with Crippen molar-refractivity contribution in [3.63, 3.8) is 0 Å². The van der Waals surface area contributed by atoms with Crippen LogP contribution in [0.2, 0.25) is 0 Å². The molecule has 0 heterocycles. The van der Waals surface area contributed by atoms with Crippen molar-refractivity contribution in [3.8, 4) is 90.0 Å². The van der Waals surface area contributed by atoms with Gasteiger partial charge >= 0.3 is 7.12 Å². The van der Waals surface area contributed by atoms with Crippen LogP contribution in [0.5, 0.6) is 0 Å². The van der Waals surface area contributed by atoms with Gasteiger partial charge < -0.3 is 10.0 Å². The van der Waals surface area contributed by atoms with Crippen LogP contribution < -0.4 is 5.46 Å². The summed E-state index contributed by atoms with van der Waals surface area (Å²) in [6.07, 6.45) is 4.07. The van der Waals surface area contributed by atoms with Crippen molar-refractivity contribution in [3.05, 3.63) is 317 Å². The third-order valence-electron chi connectivity index (χ3n) is 20.3. The van der Waals surface area contributed by atoms with Crippen molar-refractivity contribution in [2.75, 3.05) is 0 Å². The van der Waals surface area contributed by atoms with Gasteiger partial charge in [-0.3, -0.25) is 0 Å². The molecule has 14 aromatic rings. The molecule has 0 amide bonds. The van der Waals surface area contributed by atoms with E-state index in [0.29, 0.717) is 5.46 Å². The van der Waals surface area contributed by atoms with E-state index in [2.05, 4.69) is 268 Å². The van der Waals surface area contributed by atoms with Crippen LogP contribution in [-0.4, -0.2) is 17.2 Å². The summed E-state index contributed by atoms with van der Waals surface area (Å²) >= 11 is 3.60. The molecule has 0 saturated carbocycles. The third-order valence-corrected chi connectivity index (χ3v) is 20.8. The predicted octanol–water partition coefficient (Wildman–Crippen LogP) is 22.4. The Hall–Kier alpha value is -10.4. The smallest absolute Gasteiger partial charge is 0.423 e. The summed E-state index contributed by atoms with van der Waals surface area (Å²) in [6.45, 7) is 9.05. The van der Waals surface area contributed by atoms with Gasteiger partial charge in [0, 0.05) is 15.3 Å². The fourth-order valence-electron chi connectivity index (χ4n) is 15.8. The van der Waals surface area contributed by atoms with E-state index in [4.69, 9.17) is 0 Å². The molecule has 0 aliphatic heterocycles. The van der Waals surface area contributed by atoms with E-state index in [1.807, 2.05) is 66.7 Å². The molecule has 0 radical (unpaired) electrons. The van der Waals surface area contributed by atoms with Gasteiger partial charge in [-0.25, -0.2) is 0 Å². The highest BCUT2D eigenvalue weighted by Crippen LogP contribution is 2.56. The van der Waals surface area contributed by atoms with Crippen molar-refractivity contribution in [1.29, 1.82) is 10.5 Å². The summed E-state index contributed by atoms with van der Waals surface area (Å²) in [5.41, 5.74) is 24.5. The molecule has 452 valence electrons. The Bertz CT molecular complexity index is 5230. The molecule has 94 heavy (non-hydrogen) atoms. The zero-order chi connectivity index (χ0) is 64.7. The van der Waals surface area contributed by atoms with Crippen molar-refractivity contribution >= 4 is 71.6 Å². The molecule has 0 atom stereocenters. The highest BCUT2D eigenvalue weighted by Gasteiger charge is 2.42. The first-order valence-corrected chi connectivity index (χ1v) is 33.5. The van der Waals surface area contributed by atoms with Gasteiger partial charge in [0.15, 0.2) is 0 Å². The Morgan fingerprint density at radius 3 is 0.979 bits per heavy atom. The van der Waals surface area contributed by atoms with Crippen LogP contribution in [0.15, 0.2) is 284 Å². The maximum Gasteiger partial charge on any atom is 0.489 e. The second-order valence-electron chi connectivity index (χ2n) is 24.8. The first-order valence-electron chi connectivity index (χ1n) is 32.7. The van der Waals surface area contributed by atoms with Gasteiger partial charge in [0.1, 0.15) is 0 Å². The minimum absolute atomic E-state index is 0.0430.